The Hall–Kier alpha value is -2.73. The molecule has 1 aromatic heterocycles. The van der Waals surface area contributed by atoms with Crippen LogP contribution in [0.2, 0.25) is 5.02 Å². The maximum Gasteiger partial charge on any atom is 0.223 e. The molecular formula is C26H31ClN4O5S2. The van der Waals surface area contributed by atoms with Gasteiger partial charge in [-0.3, -0.25) is 20.1 Å². The predicted octanol–water partition coefficient (Wildman–Crippen LogP) is 3.25. The number of fused-ring (bicyclic) bond motifs is 1. The third-order valence-corrected chi connectivity index (χ3v) is 10.0. The van der Waals surface area contributed by atoms with Gasteiger partial charge < -0.3 is 14.4 Å². The number of nitrogens with zero attached hydrogens (tertiary/aromatic N) is 3. The van der Waals surface area contributed by atoms with Crippen molar-refractivity contribution in [3.63, 3.8) is 0 Å². The van der Waals surface area contributed by atoms with E-state index in [1.54, 1.807) is 48.3 Å². The number of carbonyl (C=O) groups excluding carboxylic acids is 2. The molecule has 3 aromatic rings. The number of sulfone groups is 1. The highest BCUT2D eigenvalue weighted by Gasteiger charge is 2.29. The second-order valence-corrected chi connectivity index (χ2v) is 12.8. The van der Waals surface area contributed by atoms with Gasteiger partial charge in [0.1, 0.15) is 6.29 Å². The summed E-state index contributed by atoms with van der Waals surface area (Å²) in [7, 11) is -0.0771. The number of likely N-dealkylation sites (tertiary alicyclic amines) is 1. The van der Waals surface area contributed by atoms with Gasteiger partial charge in [-0.15, -0.1) is 0 Å². The topological polar surface area (TPSA) is 124 Å². The highest BCUT2D eigenvalue weighted by Crippen LogP contribution is 2.37. The summed E-state index contributed by atoms with van der Waals surface area (Å²) in [5.41, 5.74) is 5.94. The number of ether oxygens (including phenoxy) is 1. The predicted molar refractivity (Wildman–Crippen MR) is 148 cm³/mol. The fourth-order valence-corrected chi connectivity index (χ4v) is 7.24. The Morgan fingerprint density at radius 3 is 2.61 bits per heavy atom. The van der Waals surface area contributed by atoms with E-state index < -0.39 is 16.1 Å². The van der Waals surface area contributed by atoms with Crippen LogP contribution in [0.5, 0.6) is 5.88 Å². The van der Waals surface area contributed by atoms with Crippen LogP contribution in [0.3, 0.4) is 0 Å². The summed E-state index contributed by atoms with van der Waals surface area (Å²) >= 11 is 7.53. The first kappa shape index (κ1) is 28.3. The smallest absolute Gasteiger partial charge is 0.223 e. The first-order valence-electron chi connectivity index (χ1n) is 12.3. The molecule has 0 bridgehead atoms. The Balaban J connectivity index is 1.38. The molecule has 1 unspecified atom stereocenters. The third kappa shape index (κ3) is 6.28. The van der Waals surface area contributed by atoms with E-state index in [2.05, 4.69) is 4.99 Å². The van der Waals surface area contributed by atoms with Crippen molar-refractivity contribution in [2.45, 2.75) is 42.7 Å². The summed E-state index contributed by atoms with van der Waals surface area (Å²) in [5.74, 6) is 0.308. The average molecular weight is 579 g/mol. The van der Waals surface area contributed by atoms with E-state index in [0.29, 0.717) is 36.8 Å². The van der Waals surface area contributed by atoms with Crippen molar-refractivity contribution in [1.29, 1.82) is 0 Å². The quantitative estimate of drug-likeness (QED) is 0.307. The van der Waals surface area contributed by atoms with Gasteiger partial charge in [-0.2, -0.15) is 0 Å². The molecule has 204 valence electrons. The Morgan fingerprint density at radius 1 is 1.24 bits per heavy atom. The fourth-order valence-electron chi connectivity index (χ4n) is 4.62. The van der Waals surface area contributed by atoms with E-state index in [9.17, 15) is 18.0 Å². The maximum atomic E-state index is 12.9. The van der Waals surface area contributed by atoms with Crippen molar-refractivity contribution >= 4 is 55.7 Å². The zero-order valence-electron chi connectivity index (χ0n) is 21.3. The molecule has 1 fully saturated rings. The first-order chi connectivity index (χ1) is 18.1. The summed E-state index contributed by atoms with van der Waals surface area (Å²) in [6.45, 7) is 1.03. The molecule has 12 heteroatoms. The van der Waals surface area contributed by atoms with Gasteiger partial charge in [0.15, 0.2) is 20.9 Å². The highest BCUT2D eigenvalue weighted by molar-refractivity contribution is 7.91. The second kappa shape index (κ2) is 12.0. The van der Waals surface area contributed by atoms with E-state index in [1.807, 2.05) is 11.6 Å². The number of piperidine rings is 1. The van der Waals surface area contributed by atoms with Crippen LogP contribution >= 0.6 is 22.9 Å². The number of aromatic nitrogens is 1. The molecule has 0 saturated carbocycles. The number of halogens is 1. The summed E-state index contributed by atoms with van der Waals surface area (Å²) in [6.07, 6.45) is 1.39. The number of amides is 1. The molecule has 1 aliphatic heterocycles. The molecule has 2 heterocycles. The minimum atomic E-state index is -3.62. The molecule has 2 N–H and O–H groups in total. The lowest BCUT2D eigenvalue weighted by molar-refractivity contribution is -0.131. The standard InChI is InChI=1S/C26H31ClN4O5S2/c1-29-26-30(2)25(36-22(28)9-13-32)24(37-26)17-7-11-31(12-8-17)23(33)10-14-38(34,35)21-6-4-18-15-20(27)5-3-19(18)16-21/h3-6,13,15-17,22H,7-12,14,28H2,1-2H3. The molecule has 0 aliphatic carbocycles. The van der Waals surface area contributed by atoms with Crippen LogP contribution < -0.4 is 15.3 Å². The fraction of sp³-hybridized carbons (Fsp3) is 0.423. The van der Waals surface area contributed by atoms with Crippen molar-refractivity contribution in [3.05, 3.63) is 51.1 Å². The van der Waals surface area contributed by atoms with Gasteiger partial charge in [-0.05, 0) is 47.9 Å². The molecule has 1 atom stereocenters. The monoisotopic (exact) mass is 578 g/mol. The number of hydrogen-bond acceptors (Lipinski definition) is 8. The van der Waals surface area contributed by atoms with Crippen LogP contribution in [-0.2, 0) is 26.5 Å². The molecule has 0 radical (unpaired) electrons. The largest absolute Gasteiger partial charge is 0.459 e. The van der Waals surface area contributed by atoms with Crippen molar-refractivity contribution in [2.24, 2.45) is 17.8 Å². The first-order valence-corrected chi connectivity index (χ1v) is 15.2. The van der Waals surface area contributed by atoms with E-state index in [4.69, 9.17) is 22.1 Å². The highest BCUT2D eigenvalue weighted by atomic mass is 35.5. The van der Waals surface area contributed by atoms with Crippen molar-refractivity contribution in [1.82, 2.24) is 9.47 Å². The van der Waals surface area contributed by atoms with Crippen LogP contribution in [0, 0.1) is 0 Å². The molecule has 1 saturated heterocycles. The lowest BCUT2D eigenvalue weighted by atomic mass is 9.95. The van der Waals surface area contributed by atoms with Crippen LogP contribution in [0.25, 0.3) is 10.8 Å². The van der Waals surface area contributed by atoms with Crippen LogP contribution in [0.15, 0.2) is 46.3 Å². The number of rotatable bonds is 9. The van der Waals surface area contributed by atoms with Gasteiger partial charge >= 0.3 is 0 Å². The Kier molecular flexibility index (Phi) is 8.92. The zero-order valence-corrected chi connectivity index (χ0v) is 23.7. The van der Waals surface area contributed by atoms with Gasteiger partial charge in [0.2, 0.25) is 11.8 Å². The maximum absolute atomic E-state index is 12.9. The third-order valence-electron chi connectivity index (χ3n) is 6.72. The number of nitrogens with two attached hydrogens (primary N) is 1. The number of benzene rings is 2. The van der Waals surface area contributed by atoms with Gasteiger partial charge in [0.05, 0.1) is 21.9 Å². The van der Waals surface area contributed by atoms with Crippen molar-refractivity contribution in [3.8, 4) is 5.88 Å². The molecule has 38 heavy (non-hydrogen) atoms. The lowest BCUT2D eigenvalue weighted by Gasteiger charge is -2.32. The van der Waals surface area contributed by atoms with Gasteiger partial charge in [0, 0.05) is 44.5 Å². The number of aldehydes is 1. The minimum Gasteiger partial charge on any atom is -0.459 e. The number of thiazole rings is 1. The van der Waals surface area contributed by atoms with Crippen LogP contribution in [0.4, 0.5) is 0 Å². The molecule has 2 aromatic carbocycles. The van der Waals surface area contributed by atoms with E-state index in [0.717, 1.165) is 26.7 Å². The normalized spacial score (nSPS) is 16.1. The summed E-state index contributed by atoms with van der Waals surface area (Å²) in [5, 5.41) is 2.22. The minimum absolute atomic E-state index is 0.0760. The SMILES string of the molecule is CN=c1sc(C2CCN(C(=O)CCS(=O)(=O)c3ccc4cc(Cl)ccc4c3)CC2)c(OC(N)CC=O)n1C. The van der Waals surface area contributed by atoms with Gasteiger partial charge in [-0.25, -0.2) is 8.42 Å². The molecule has 9 nitrogen and oxygen atoms in total. The summed E-state index contributed by atoms with van der Waals surface area (Å²) in [6, 6.07) is 10.2. The number of carbonyl (C=O) groups is 2. The zero-order chi connectivity index (χ0) is 27.4. The van der Waals surface area contributed by atoms with E-state index in [1.165, 1.54) is 11.3 Å². The van der Waals surface area contributed by atoms with Gasteiger partial charge in [0.25, 0.3) is 0 Å². The van der Waals surface area contributed by atoms with Gasteiger partial charge in [-0.1, -0.05) is 35.1 Å². The lowest BCUT2D eigenvalue weighted by Crippen LogP contribution is -2.38. The number of hydrogen-bond donors (Lipinski definition) is 1. The molecule has 4 rings (SSSR count). The molecule has 1 aliphatic rings. The summed E-state index contributed by atoms with van der Waals surface area (Å²) in [4.78, 5) is 31.7. The Bertz CT molecular complexity index is 1510. The summed E-state index contributed by atoms with van der Waals surface area (Å²) < 4.78 is 33.6. The van der Waals surface area contributed by atoms with Crippen molar-refractivity contribution < 1.29 is 22.7 Å². The van der Waals surface area contributed by atoms with Crippen molar-refractivity contribution in [2.75, 3.05) is 25.9 Å². The van der Waals surface area contributed by atoms with E-state index >= 15 is 0 Å². The van der Waals surface area contributed by atoms with E-state index in [-0.39, 0.29) is 35.3 Å². The van der Waals surface area contributed by atoms with Crippen LogP contribution in [-0.4, -0.2) is 62.2 Å². The second-order valence-electron chi connectivity index (χ2n) is 9.27. The molecular weight excluding hydrogens is 548 g/mol. The Labute approximate surface area is 230 Å². The average Bonchev–Trinajstić information content (AvgIpc) is 3.22. The molecule has 1 amide bonds. The van der Waals surface area contributed by atoms with Crippen LogP contribution in [0.1, 0.15) is 36.5 Å². The Morgan fingerprint density at radius 2 is 1.92 bits per heavy atom. The molecule has 0 spiro atoms.